The van der Waals surface area contributed by atoms with Crippen molar-refractivity contribution in [1.29, 1.82) is 0 Å². The smallest absolute Gasteiger partial charge is 0.135 e. The van der Waals surface area contributed by atoms with Gasteiger partial charge in [0.1, 0.15) is 5.58 Å². The van der Waals surface area contributed by atoms with Gasteiger partial charge >= 0.3 is 0 Å². The van der Waals surface area contributed by atoms with E-state index in [4.69, 9.17) is 10.2 Å². The quantitative estimate of drug-likeness (QED) is 0.902. The Balaban J connectivity index is 2.09. The van der Waals surface area contributed by atoms with Crippen LogP contribution in [0.25, 0.3) is 11.0 Å². The van der Waals surface area contributed by atoms with Crippen molar-refractivity contribution in [3.63, 3.8) is 0 Å². The molecule has 2 heterocycles. The molecule has 0 spiro atoms. The highest BCUT2D eigenvalue weighted by molar-refractivity contribution is 5.93. The molecule has 96 valence electrons. The van der Waals surface area contributed by atoms with Gasteiger partial charge in [0.2, 0.25) is 0 Å². The second-order valence-electron chi connectivity index (χ2n) is 4.99. The Morgan fingerprint density at radius 3 is 2.72 bits per heavy atom. The predicted octanol–water partition coefficient (Wildman–Crippen LogP) is 2.92. The van der Waals surface area contributed by atoms with Crippen molar-refractivity contribution in [3.8, 4) is 0 Å². The van der Waals surface area contributed by atoms with E-state index >= 15 is 0 Å². The Kier molecular flexibility index (Phi) is 3.24. The van der Waals surface area contributed by atoms with Crippen LogP contribution in [0.5, 0.6) is 0 Å². The first kappa shape index (κ1) is 11.6. The second kappa shape index (κ2) is 5.02. The SMILES string of the molecule is NCCc1ccc2occc2c1N1CCCCC1. The van der Waals surface area contributed by atoms with Crippen LogP contribution >= 0.6 is 0 Å². The summed E-state index contributed by atoms with van der Waals surface area (Å²) in [5, 5.41) is 1.24. The zero-order valence-corrected chi connectivity index (χ0v) is 10.7. The molecule has 1 fully saturated rings. The molecule has 0 saturated carbocycles. The zero-order valence-electron chi connectivity index (χ0n) is 10.7. The van der Waals surface area contributed by atoms with Crippen LogP contribution in [-0.2, 0) is 6.42 Å². The Bertz CT molecular complexity index is 526. The number of furan rings is 1. The molecule has 0 unspecified atom stereocenters. The lowest BCUT2D eigenvalue weighted by Gasteiger charge is -2.31. The maximum absolute atomic E-state index is 5.74. The van der Waals surface area contributed by atoms with Gasteiger partial charge in [0.25, 0.3) is 0 Å². The number of nitrogens with two attached hydrogens (primary N) is 1. The number of hydrogen-bond acceptors (Lipinski definition) is 3. The zero-order chi connectivity index (χ0) is 12.4. The molecule has 1 aromatic heterocycles. The van der Waals surface area contributed by atoms with Crippen molar-refractivity contribution < 1.29 is 4.42 Å². The summed E-state index contributed by atoms with van der Waals surface area (Å²) in [5.74, 6) is 0. The lowest BCUT2D eigenvalue weighted by molar-refractivity contribution is 0.577. The van der Waals surface area contributed by atoms with Crippen LogP contribution in [0.15, 0.2) is 28.9 Å². The maximum Gasteiger partial charge on any atom is 0.135 e. The molecule has 0 bridgehead atoms. The van der Waals surface area contributed by atoms with Crippen molar-refractivity contribution in [3.05, 3.63) is 30.0 Å². The molecule has 1 aromatic carbocycles. The second-order valence-corrected chi connectivity index (χ2v) is 4.99. The number of fused-ring (bicyclic) bond motifs is 1. The van der Waals surface area contributed by atoms with E-state index in [-0.39, 0.29) is 0 Å². The topological polar surface area (TPSA) is 42.4 Å². The van der Waals surface area contributed by atoms with Crippen molar-refractivity contribution >= 4 is 16.7 Å². The summed E-state index contributed by atoms with van der Waals surface area (Å²) < 4.78 is 5.52. The van der Waals surface area contributed by atoms with Crippen LogP contribution in [0, 0.1) is 0 Å². The summed E-state index contributed by atoms with van der Waals surface area (Å²) >= 11 is 0. The van der Waals surface area contributed by atoms with Gasteiger partial charge in [0, 0.05) is 18.5 Å². The molecule has 3 rings (SSSR count). The number of rotatable bonds is 3. The van der Waals surface area contributed by atoms with Gasteiger partial charge in [-0.3, -0.25) is 0 Å². The van der Waals surface area contributed by atoms with Gasteiger partial charge in [-0.1, -0.05) is 6.07 Å². The van der Waals surface area contributed by atoms with Crippen LogP contribution < -0.4 is 10.6 Å². The van der Waals surface area contributed by atoms with Gasteiger partial charge in [0.05, 0.1) is 12.0 Å². The monoisotopic (exact) mass is 244 g/mol. The van der Waals surface area contributed by atoms with E-state index in [2.05, 4.69) is 23.1 Å². The minimum absolute atomic E-state index is 0.699. The largest absolute Gasteiger partial charge is 0.464 e. The fourth-order valence-electron chi connectivity index (χ4n) is 2.92. The third-order valence-corrected chi connectivity index (χ3v) is 3.78. The summed E-state index contributed by atoms with van der Waals surface area (Å²) in [6.45, 7) is 3.01. The molecular weight excluding hydrogens is 224 g/mol. The number of benzene rings is 1. The molecule has 18 heavy (non-hydrogen) atoms. The molecule has 1 saturated heterocycles. The van der Waals surface area contributed by atoms with Crippen molar-refractivity contribution in [2.75, 3.05) is 24.5 Å². The third-order valence-electron chi connectivity index (χ3n) is 3.78. The van der Waals surface area contributed by atoms with Crippen molar-refractivity contribution in [1.82, 2.24) is 0 Å². The number of piperidine rings is 1. The number of nitrogens with zero attached hydrogens (tertiary/aromatic N) is 1. The van der Waals surface area contributed by atoms with Crippen LogP contribution in [-0.4, -0.2) is 19.6 Å². The van der Waals surface area contributed by atoms with Gasteiger partial charge in [-0.2, -0.15) is 0 Å². The van der Waals surface area contributed by atoms with Gasteiger partial charge in [-0.25, -0.2) is 0 Å². The molecule has 1 aliphatic rings. The number of anilines is 1. The molecule has 2 aromatic rings. The summed E-state index contributed by atoms with van der Waals surface area (Å²) in [6.07, 6.45) is 6.65. The third kappa shape index (κ3) is 1.99. The summed E-state index contributed by atoms with van der Waals surface area (Å²) in [4.78, 5) is 2.51. The Labute approximate surface area is 108 Å². The fraction of sp³-hybridized carbons (Fsp3) is 0.467. The molecule has 0 atom stereocenters. The average Bonchev–Trinajstić information content (AvgIpc) is 2.88. The van der Waals surface area contributed by atoms with Crippen molar-refractivity contribution in [2.24, 2.45) is 5.73 Å². The fourth-order valence-corrected chi connectivity index (χ4v) is 2.92. The average molecular weight is 244 g/mol. The van der Waals surface area contributed by atoms with E-state index in [1.807, 2.05) is 0 Å². The van der Waals surface area contributed by atoms with E-state index in [9.17, 15) is 0 Å². The molecule has 3 nitrogen and oxygen atoms in total. The summed E-state index contributed by atoms with van der Waals surface area (Å²) in [5.41, 5.74) is 9.43. The highest BCUT2D eigenvalue weighted by Crippen LogP contribution is 2.33. The first-order valence-corrected chi connectivity index (χ1v) is 6.84. The molecule has 1 aliphatic heterocycles. The van der Waals surface area contributed by atoms with Gasteiger partial charge in [-0.05, 0) is 49.9 Å². The van der Waals surface area contributed by atoms with Crippen molar-refractivity contribution in [2.45, 2.75) is 25.7 Å². The lowest BCUT2D eigenvalue weighted by atomic mass is 10.0. The predicted molar refractivity (Wildman–Crippen MR) is 75.0 cm³/mol. The van der Waals surface area contributed by atoms with Gasteiger partial charge < -0.3 is 15.1 Å². The highest BCUT2D eigenvalue weighted by atomic mass is 16.3. The van der Waals surface area contributed by atoms with Crippen LogP contribution in [0.1, 0.15) is 24.8 Å². The van der Waals surface area contributed by atoms with Crippen LogP contribution in [0.2, 0.25) is 0 Å². The summed E-state index contributed by atoms with van der Waals surface area (Å²) in [6, 6.07) is 6.32. The van der Waals surface area contributed by atoms with E-state index in [0.717, 1.165) is 25.1 Å². The van der Waals surface area contributed by atoms with E-state index in [0.29, 0.717) is 6.54 Å². The standard InChI is InChI=1S/C15H20N2O/c16-8-6-12-4-5-14-13(7-11-18-14)15(12)17-9-2-1-3-10-17/h4-5,7,11H,1-3,6,8-10,16H2. The lowest BCUT2D eigenvalue weighted by Crippen LogP contribution is -2.30. The van der Waals surface area contributed by atoms with E-state index < -0.39 is 0 Å². The first-order chi connectivity index (χ1) is 8.90. The van der Waals surface area contributed by atoms with E-state index in [1.54, 1.807) is 6.26 Å². The molecule has 0 aliphatic carbocycles. The minimum Gasteiger partial charge on any atom is -0.464 e. The highest BCUT2D eigenvalue weighted by Gasteiger charge is 2.18. The molecule has 0 radical (unpaired) electrons. The normalized spacial score (nSPS) is 16.4. The maximum atomic E-state index is 5.74. The van der Waals surface area contributed by atoms with Gasteiger partial charge in [-0.15, -0.1) is 0 Å². The van der Waals surface area contributed by atoms with E-state index in [1.165, 1.54) is 35.9 Å². The summed E-state index contributed by atoms with van der Waals surface area (Å²) in [7, 11) is 0. The Hall–Kier alpha value is -1.48. The molecule has 2 N–H and O–H groups in total. The van der Waals surface area contributed by atoms with Crippen LogP contribution in [0.4, 0.5) is 5.69 Å². The molecule has 0 amide bonds. The minimum atomic E-state index is 0.699. The molecule has 3 heteroatoms. The first-order valence-electron chi connectivity index (χ1n) is 6.84. The molecular formula is C15H20N2O. The number of hydrogen-bond donors (Lipinski definition) is 1. The Morgan fingerprint density at radius 1 is 1.11 bits per heavy atom. The Morgan fingerprint density at radius 2 is 1.94 bits per heavy atom. The van der Waals surface area contributed by atoms with Gasteiger partial charge in [0.15, 0.2) is 0 Å². The van der Waals surface area contributed by atoms with Crippen LogP contribution in [0.3, 0.4) is 0 Å².